The van der Waals surface area contributed by atoms with Gasteiger partial charge in [0.05, 0.1) is 36.8 Å². The van der Waals surface area contributed by atoms with Crippen LogP contribution >= 0.6 is 0 Å². The second-order valence-corrected chi connectivity index (χ2v) is 16.4. The van der Waals surface area contributed by atoms with Gasteiger partial charge in [-0.05, 0) is 50.4 Å². The van der Waals surface area contributed by atoms with Crippen molar-refractivity contribution in [2.75, 3.05) is 20.3 Å². The van der Waals surface area contributed by atoms with Gasteiger partial charge in [0.1, 0.15) is 18.3 Å². The quantitative estimate of drug-likeness (QED) is 0.297. The van der Waals surface area contributed by atoms with Crippen molar-refractivity contribution < 1.29 is 67.0 Å². The van der Waals surface area contributed by atoms with Crippen LogP contribution in [0.15, 0.2) is 11.6 Å². The molecule has 290 valence electrons. The maximum Gasteiger partial charge on any atom is 0.334 e. The summed E-state index contributed by atoms with van der Waals surface area (Å²) in [5.74, 6) is -6.55. The summed E-state index contributed by atoms with van der Waals surface area (Å²) in [5.41, 5.74) is -6.77. The molecule has 0 spiro atoms. The molecular formula is C38H54O14. The summed E-state index contributed by atoms with van der Waals surface area (Å²) in [7, 11) is 1.22. The van der Waals surface area contributed by atoms with Crippen LogP contribution < -0.4 is 0 Å². The van der Waals surface area contributed by atoms with Gasteiger partial charge < -0.3 is 38.3 Å². The average Bonchev–Trinajstić information content (AvgIpc) is 3.48. The third-order valence-electron chi connectivity index (χ3n) is 13.6. The van der Waals surface area contributed by atoms with Crippen molar-refractivity contribution in [2.45, 2.75) is 125 Å². The van der Waals surface area contributed by atoms with Crippen molar-refractivity contribution in [3.8, 4) is 0 Å². The highest BCUT2D eigenvalue weighted by molar-refractivity contribution is 5.91. The number of rotatable bonds is 7. The second kappa shape index (κ2) is 13.4. The highest BCUT2D eigenvalue weighted by Crippen LogP contribution is 2.75. The summed E-state index contributed by atoms with van der Waals surface area (Å²) in [6, 6.07) is 0. The summed E-state index contributed by atoms with van der Waals surface area (Å²) < 4.78 is 42.1. The Balaban J connectivity index is 1.88. The van der Waals surface area contributed by atoms with Gasteiger partial charge in [0.2, 0.25) is 0 Å². The van der Waals surface area contributed by atoms with E-state index in [4.69, 9.17) is 33.2 Å². The Labute approximate surface area is 304 Å². The van der Waals surface area contributed by atoms with Crippen molar-refractivity contribution in [3.63, 3.8) is 0 Å². The molecule has 0 radical (unpaired) electrons. The van der Waals surface area contributed by atoms with Crippen LogP contribution in [0.25, 0.3) is 0 Å². The summed E-state index contributed by atoms with van der Waals surface area (Å²) in [6.07, 6.45) is -3.51. The van der Waals surface area contributed by atoms with E-state index < -0.39 is 111 Å². The van der Waals surface area contributed by atoms with Crippen molar-refractivity contribution in [3.05, 3.63) is 11.6 Å². The van der Waals surface area contributed by atoms with E-state index >= 15 is 0 Å². The fourth-order valence-corrected chi connectivity index (χ4v) is 12.0. The van der Waals surface area contributed by atoms with E-state index in [2.05, 4.69) is 0 Å². The highest BCUT2D eigenvalue weighted by atomic mass is 16.6. The lowest BCUT2D eigenvalue weighted by molar-refractivity contribution is -0.345. The number of allylic oxidation sites excluding steroid dienone is 1. The molecule has 1 saturated heterocycles. The number of methoxy groups -OCH3 is 1. The van der Waals surface area contributed by atoms with Gasteiger partial charge in [0, 0.05) is 57.4 Å². The minimum absolute atomic E-state index is 0.0144. The first-order valence-corrected chi connectivity index (χ1v) is 18.0. The largest absolute Gasteiger partial charge is 0.466 e. The number of fused-ring (bicyclic) bond motifs is 7. The first-order valence-electron chi connectivity index (χ1n) is 18.0. The molecule has 14 atom stereocenters. The number of hydrogen-bond acceptors (Lipinski definition) is 14. The number of esters is 6. The normalized spacial score (nSPS) is 43.8. The topological polar surface area (TPSA) is 187 Å². The van der Waals surface area contributed by atoms with Crippen LogP contribution in [-0.4, -0.2) is 97.4 Å². The summed E-state index contributed by atoms with van der Waals surface area (Å²) >= 11 is 0. The molecule has 3 saturated carbocycles. The first kappa shape index (κ1) is 39.7. The van der Waals surface area contributed by atoms with Crippen molar-refractivity contribution in [1.82, 2.24) is 0 Å². The van der Waals surface area contributed by atoms with E-state index in [1.807, 2.05) is 20.8 Å². The Kier molecular flexibility index (Phi) is 10.2. The highest BCUT2D eigenvalue weighted by Gasteiger charge is 2.82. The van der Waals surface area contributed by atoms with Gasteiger partial charge in [-0.3, -0.25) is 24.0 Å². The van der Waals surface area contributed by atoms with E-state index in [0.717, 1.165) is 0 Å². The van der Waals surface area contributed by atoms with Gasteiger partial charge >= 0.3 is 35.8 Å². The molecule has 5 rings (SSSR count). The Morgan fingerprint density at radius 2 is 1.38 bits per heavy atom. The van der Waals surface area contributed by atoms with E-state index in [9.17, 15) is 33.9 Å². The predicted octanol–water partition coefficient (Wildman–Crippen LogP) is 3.24. The van der Waals surface area contributed by atoms with E-state index in [1.165, 1.54) is 41.7 Å². The number of carbonyl (C=O) groups excluding carboxylic acids is 6. The van der Waals surface area contributed by atoms with Crippen LogP contribution in [0.2, 0.25) is 0 Å². The standard InChI is InChI=1S/C38H54O14/c1-18-14-25(33(44)46-11)36(10)32(52-24(7)43)31(51-23(6)42)35(9)26(38(36,45)15-18)12-13-34(8)27-16-47-17-37(27,19(2)48-20(3)39)30(50-22(5)41)28(29(34)35)49-21(4)40/h14,18-19,26-32,45H,12-13,15-17H2,1-11H3/t18?,19?,26-,27+,28+,29+,30+,31-,32+,34+,35+,36-,37-,38-/m1/s1. The Bertz CT molecular complexity index is 1560. The molecule has 1 aliphatic heterocycles. The van der Waals surface area contributed by atoms with Gasteiger partial charge in [0.15, 0.2) is 12.2 Å². The lowest BCUT2D eigenvalue weighted by atomic mass is 9.32. The van der Waals surface area contributed by atoms with Crippen molar-refractivity contribution >= 4 is 35.8 Å². The van der Waals surface area contributed by atoms with Crippen LogP contribution in [0, 0.1) is 45.3 Å². The predicted molar refractivity (Wildman–Crippen MR) is 180 cm³/mol. The molecule has 4 fully saturated rings. The lowest BCUT2D eigenvalue weighted by Gasteiger charge is -2.74. The Morgan fingerprint density at radius 3 is 1.92 bits per heavy atom. The molecule has 14 nitrogen and oxygen atoms in total. The summed E-state index contributed by atoms with van der Waals surface area (Å²) in [4.78, 5) is 78.5. The zero-order valence-electron chi connectivity index (χ0n) is 32.1. The SMILES string of the molecule is COC(=O)C1=CC(C)C[C@@]2(O)[C@@H]3CC[C@@]4(C)[C@@H]5COC[C@]5(C(C)OC(C)=O)[C@@H](OC(C)=O)[C@@H](OC(C)=O)[C@@H]4[C@@]3(C)[C@H](OC(C)=O)[C@H](OC(C)=O)[C@@]12C. The van der Waals surface area contributed by atoms with Gasteiger partial charge in [-0.2, -0.15) is 0 Å². The molecule has 0 aromatic rings. The third kappa shape index (κ3) is 5.56. The zero-order chi connectivity index (χ0) is 38.9. The summed E-state index contributed by atoms with van der Waals surface area (Å²) in [5, 5.41) is 13.5. The van der Waals surface area contributed by atoms with Crippen LogP contribution in [0.3, 0.4) is 0 Å². The number of hydrogen-bond donors (Lipinski definition) is 1. The molecule has 0 bridgehead atoms. The number of aliphatic hydroxyl groups is 1. The van der Waals surface area contributed by atoms with Gasteiger partial charge in [-0.1, -0.05) is 26.8 Å². The van der Waals surface area contributed by atoms with Gasteiger partial charge in [-0.25, -0.2) is 4.79 Å². The van der Waals surface area contributed by atoms with Gasteiger partial charge in [0.25, 0.3) is 0 Å². The average molecular weight is 735 g/mol. The molecule has 1 N–H and O–H groups in total. The molecule has 4 aliphatic carbocycles. The molecule has 0 aromatic carbocycles. The van der Waals surface area contributed by atoms with Crippen molar-refractivity contribution in [1.29, 1.82) is 0 Å². The van der Waals surface area contributed by atoms with Crippen LogP contribution in [-0.2, 0) is 61.9 Å². The second-order valence-electron chi connectivity index (χ2n) is 16.4. The summed E-state index contributed by atoms with van der Waals surface area (Å²) in [6.45, 7) is 15.4. The smallest absolute Gasteiger partial charge is 0.334 e. The molecule has 14 heteroatoms. The molecule has 0 aromatic heterocycles. The fourth-order valence-electron chi connectivity index (χ4n) is 12.0. The third-order valence-corrected chi connectivity index (χ3v) is 13.6. The Morgan fingerprint density at radius 1 is 0.827 bits per heavy atom. The molecule has 2 unspecified atom stereocenters. The minimum Gasteiger partial charge on any atom is -0.466 e. The fraction of sp³-hybridized carbons (Fsp3) is 0.789. The molecule has 0 amide bonds. The maximum atomic E-state index is 13.6. The lowest BCUT2D eigenvalue weighted by Crippen LogP contribution is -2.81. The van der Waals surface area contributed by atoms with E-state index in [0.29, 0.717) is 12.8 Å². The minimum atomic E-state index is -1.78. The number of ether oxygens (including phenoxy) is 7. The maximum absolute atomic E-state index is 13.6. The van der Waals surface area contributed by atoms with E-state index in [-0.39, 0.29) is 31.1 Å². The molecular weight excluding hydrogens is 680 g/mol. The monoisotopic (exact) mass is 734 g/mol. The molecule has 52 heavy (non-hydrogen) atoms. The van der Waals surface area contributed by atoms with E-state index in [1.54, 1.807) is 19.9 Å². The number of carbonyl (C=O) groups is 6. The van der Waals surface area contributed by atoms with Crippen LogP contribution in [0.4, 0.5) is 0 Å². The zero-order valence-corrected chi connectivity index (χ0v) is 32.1. The van der Waals surface area contributed by atoms with Crippen LogP contribution in [0.1, 0.15) is 88.5 Å². The van der Waals surface area contributed by atoms with Crippen molar-refractivity contribution in [2.24, 2.45) is 45.3 Å². The molecule has 1 heterocycles. The first-order chi connectivity index (χ1) is 24.1. The van der Waals surface area contributed by atoms with Gasteiger partial charge in [-0.15, -0.1) is 0 Å². The molecule has 5 aliphatic rings. The van der Waals surface area contributed by atoms with Crippen LogP contribution in [0.5, 0.6) is 0 Å². The Hall–Kier alpha value is -3.52.